The molecular formula is C12H14BrN3O4. The highest BCUT2D eigenvalue weighted by molar-refractivity contribution is 9.10. The predicted octanol–water partition coefficient (Wildman–Crippen LogP) is 1.53. The van der Waals surface area contributed by atoms with Crippen LogP contribution in [0.5, 0.6) is 0 Å². The largest absolute Gasteiger partial charge is 0.478 e. The minimum absolute atomic E-state index is 0.000451. The van der Waals surface area contributed by atoms with Crippen LogP contribution in [0.25, 0.3) is 0 Å². The predicted molar refractivity (Wildman–Crippen MR) is 76.5 cm³/mol. The van der Waals surface area contributed by atoms with E-state index in [0.717, 1.165) is 0 Å². The van der Waals surface area contributed by atoms with Gasteiger partial charge in [0.1, 0.15) is 0 Å². The molecule has 0 radical (unpaired) electrons. The molecule has 20 heavy (non-hydrogen) atoms. The number of urea groups is 1. The molecule has 1 unspecified atom stereocenters. The normalized spacial score (nSPS) is 11.5. The molecule has 0 saturated carbocycles. The molecule has 0 saturated heterocycles. The molecule has 0 bridgehead atoms. The van der Waals surface area contributed by atoms with Gasteiger partial charge in [-0.25, -0.2) is 9.59 Å². The van der Waals surface area contributed by atoms with Gasteiger partial charge in [0.05, 0.1) is 11.3 Å². The highest BCUT2D eigenvalue weighted by atomic mass is 79.9. The number of halogens is 1. The van der Waals surface area contributed by atoms with Gasteiger partial charge in [0.15, 0.2) is 0 Å². The molecule has 0 aromatic heterocycles. The van der Waals surface area contributed by atoms with Crippen LogP contribution < -0.4 is 16.4 Å². The van der Waals surface area contributed by atoms with Crippen LogP contribution in [-0.4, -0.2) is 29.1 Å². The number of aromatic carboxylic acids is 1. The number of rotatable bonds is 5. The smallest absolute Gasteiger partial charge is 0.337 e. The molecule has 0 aliphatic carbocycles. The summed E-state index contributed by atoms with van der Waals surface area (Å²) in [5.74, 6) is -1.69. The van der Waals surface area contributed by atoms with Crippen LogP contribution in [-0.2, 0) is 4.79 Å². The summed E-state index contributed by atoms with van der Waals surface area (Å²) in [6.45, 7) is 1.62. The molecule has 0 aliphatic heterocycles. The standard InChI is InChI=1S/C12H14BrN3O4/c1-6(4-10(14)17)15-12(20)16-9-3-2-7(13)5-8(9)11(18)19/h2-3,5-6H,4H2,1H3,(H2,14,17)(H,18,19)(H2,15,16,20). The maximum atomic E-state index is 11.7. The van der Waals surface area contributed by atoms with Gasteiger partial charge < -0.3 is 21.5 Å². The molecule has 0 fully saturated rings. The Hall–Kier alpha value is -2.09. The summed E-state index contributed by atoms with van der Waals surface area (Å²) in [6.07, 6.45) is -0.000451. The Morgan fingerprint density at radius 1 is 1.40 bits per heavy atom. The van der Waals surface area contributed by atoms with Crippen molar-refractivity contribution in [1.82, 2.24) is 5.32 Å². The van der Waals surface area contributed by atoms with Crippen LogP contribution in [0.15, 0.2) is 22.7 Å². The Kier molecular flexibility index (Phi) is 5.51. The molecule has 1 aromatic rings. The van der Waals surface area contributed by atoms with Crippen LogP contribution in [0.1, 0.15) is 23.7 Å². The van der Waals surface area contributed by atoms with Crippen molar-refractivity contribution in [3.05, 3.63) is 28.2 Å². The number of amides is 3. The SMILES string of the molecule is CC(CC(N)=O)NC(=O)Nc1ccc(Br)cc1C(=O)O. The Bertz CT molecular complexity index is 548. The average Bonchev–Trinajstić information content (AvgIpc) is 2.29. The van der Waals surface area contributed by atoms with Gasteiger partial charge in [-0.2, -0.15) is 0 Å². The number of benzene rings is 1. The van der Waals surface area contributed by atoms with Gasteiger partial charge in [-0.1, -0.05) is 15.9 Å². The number of hydrogen-bond donors (Lipinski definition) is 4. The Morgan fingerprint density at radius 2 is 2.05 bits per heavy atom. The first kappa shape index (κ1) is 16.0. The van der Waals surface area contributed by atoms with Crippen LogP contribution >= 0.6 is 15.9 Å². The lowest BCUT2D eigenvalue weighted by atomic mass is 10.2. The van der Waals surface area contributed by atoms with E-state index in [4.69, 9.17) is 10.8 Å². The van der Waals surface area contributed by atoms with E-state index < -0.39 is 23.9 Å². The molecule has 8 heteroatoms. The van der Waals surface area contributed by atoms with Crippen LogP contribution in [0, 0.1) is 0 Å². The van der Waals surface area contributed by atoms with E-state index in [1.807, 2.05) is 0 Å². The summed E-state index contributed by atoms with van der Waals surface area (Å²) in [5, 5.41) is 14.0. The number of nitrogens with two attached hydrogens (primary N) is 1. The second-order valence-corrected chi connectivity index (χ2v) is 5.08. The third-order valence-corrected chi connectivity index (χ3v) is 2.84. The molecule has 0 aliphatic rings. The van der Waals surface area contributed by atoms with Crippen molar-refractivity contribution in [1.29, 1.82) is 0 Å². The molecule has 108 valence electrons. The monoisotopic (exact) mass is 343 g/mol. The Morgan fingerprint density at radius 3 is 2.60 bits per heavy atom. The zero-order valence-corrected chi connectivity index (χ0v) is 12.2. The van der Waals surface area contributed by atoms with Crippen LogP contribution in [0.3, 0.4) is 0 Å². The molecule has 0 spiro atoms. The molecule has 7 nitrogen and oxygen atoms in total. The number of anilines is 1. The molecule has 0 heterocycles. The summed E-state index contributed by atoms with van der Waals surface area (Å²) in [6, 6.07) is 3.39. The maximum absolute atomic E-state index is 11.7. The highest BCUT2D eigenvalue weighted by Gasteiger charge is 2.14. The lowest BCUT2D eigenvalue weighted by Gasteiger charge is -2.14. The van der Waals surface area contributed by atoms with Gasteiger partial charge in [-0.05, 0) is 25.1 Å². The summed E-state index contributed by atoms with van der Waals surface area (Å²) in [7, 11) is 0. The van der Waals surface area contributed by atoms with E-state index in [-0.39, 0.29) is 17.7 Å². The third-order valence-electron chi connectivity index (χ3n) is 2.35. The molecule has 1 rings (SSSR count). The topological polar surface area (TPSA) is 122 Å². The minimum Gasteiger partial charge on any atom is -0.478 e. The Labute approximate surface area is 123 Å². The second kappa shape index (κ2) is 6.90. The van der Waals surface area contributed by atoms with Crippen molar-refractivity contribution in [3.8, 4) is 0 Å². The van der Waals surface area contributed by atoms with Gasteiger partial charge in [-0.15, -0.1) is 0 Å². The fourth-order valence-electron chi connectivity index (χ4n) is 1.54. The maximum Gasteiger partial charge on any atom is 0.337 e. The summed E-state index contributed by atoms with van der Waals surface area (Å²) in [5.41, 5.74) is 5.12. The van der Waals surface area contributed by atoms with Crippen molar-refractivity contribution in [3.63, 3.8) is 0 Å². The van der Waals surface area contributed by atoms with Crippen LogP contribution in [0.4, 0.5) is 10.5 Å². The van der Waals surface area contributed by atoms with Crippen LogP contribution in [0.2, 0.25) is 0 Å². The second-order valence-electron chi connectivity index (χ2n) is 4.17. The molecular weight excluding hydrogens is 330 g/mol. The minimum atomic E-state index is -1.16. The number of carboxylic acid groups (broad SMARTS) is 1. The highest BCUT2D eigenvalue weighted by Crippen LogP contribution is 2.21. The van der Waals surface area contributed by atoms with E-state index in [1.165, 1.54) is 12.1 Å². The summed E-state index contributed by atoms with van der Waals surface area (Å²) < 4.78 is 0.586. The Balaban J connectivity index is 2.76. The summed E-state index contributed by atoms with van der Waals surface area (Å²) >= 11 is 3.16. The fourth-order valence-corrected chi connectivity index (χ4v) is 1.90. The first-order valence-corrected chi connectivity index (χ1v) is 6.47. The van der Waals surface area contributed by atoms with Crippen molar-refractivity contribution in [2.24, 2.45) is 5.73 Å². The molecule has 5 N–H and O–H groups in total. The molecule has 3 amide bonds. The van der Waals surface area contributed by atoms with Gasteiger partial charge >= 0.3 is 12.0 Å². The van der Waals surface area contributed by atoms with E-state index in [2.05, 4.69) is 26.6 Å². The number of hydrogen-bond acceptors (Lipinski definition) is 3. The van der Waals surface area contributed by atoms with Gasteiger partial charge in [0.2, 0.25) is 5.91 Å². The number of primary amides is 1. The van der Waals surface area contributed by atoms with Gasteiger partial charge in [-0.3, -0.25) is 4.79 Å². The fraction of sp³-hybridized carbons (Fsp3) is 0.250. The van der Waals surface area contributed by atoms with Crippen molar-refractivity contribution >= 4 is 39.5 Å². The quantitative estimate of drug-likeness (QED) is 0.647. The first-order chi connectivity index (χ1) is 9.29. The number of carbonyl (C=O) groups excluding carboxylic acids is 2. The third kappa shape index (κ3) is 4.88. The first-order valence-electron chi connectivity index (χ1n) is 5.68. The zero-order valence-electron chi connectivity index (χ0n) is 10.6. The number of carboxylic acids is 1. The molecule has 1 aromatic carbocycles. The molecule has 1 atom stereocenters. The summed E-state index contributed by atoms with van der Waals surface area (Å²) in [4.78, 5) is 33.5. The van der Waals surface area contributed by atoms with Gasteiger partial charge in [0, 0.05) is 16.9 Å². The number of nitrogens with one attached hydrogen (secondary N) is 2. The van der Waals surface area contributed by atoms with Crippen molar-refractivity contribution in [2.45, 2.75) is 19.4 Å². The van der Waals surface area contributed by atoms with Crippen molar-refractivity contribution < 1.29 is 19.5 Å². The average molecular weight is 344 g/mol. The van der Waals surface area contributed by atoms with E-state index >= 15 is 0 Å². The lowest BCUT2D eigenvalue weighted by Crippen LogP contribution is -2.38. The number of carbonyl (C=O) groups is 3. The van der Waals surface area contributed by atoms with E-state index in [9.17, 15) is 14.4 Å². The van der Waals surface area contributed by atoms with E-state index in [0.29, 0.717) is 4.47 Å². The van der Waals surface area contributed by atoms with Gasteiger partial charge in [0.25, 0.3) is 0 Å². The lowest BCUT2D eigenvalue weighted by molar-refractivity contribution is -0.118. The van der Waals surface area contributed by atoms with Crippen molar-refractivity contribution in [2.75, 3.05) is 5.32 Å². The van der Waals surface area contributed by atoms with E-state index in [1.54, 1.807) is 13.0 Å². The zero-order chi connectivity index (χ0) is 15.3.